The molecule has 3 aromatic rings. The third-order valence-electron chi connectivity index (χ3n) is 2.52. The Morgan fingerprint density at radius 2 is 2.18 bits per heavy atom. The first-order valence-electron chi connectivity index (χ1n) is 5.19. The first-order chi connectivity index (χ1) is 8.36. The van der Waals surface area contributed by atoms with Gasteiger partial charge < -0.3 is 0 Å². The number of hydrogen-bond acceptors (Lipinski definition) is 3. The smallest absolute Gasteiger partial charge is 0.181 e. The van der Waals surface area contributed by atoms with E-state index >= 15 is 0 Å². The predicted molar refractivity (Wildman–Crippen MR) is 66.7 cm³/mol. The van der Waals surface area contributed by atoms with Gasteiger partial charge in [-0.15, -0.1) is 11.6 Å². The molecule has 2 aromatic heterocycles. The number of hydrogen-bond donors (Lipinski definition) is 1. The zero-order valence-electron chi connectivity index (χ0n) is 8.89. The fraction of sp³-hybridized carbons (Fsp3) is 0.0833. The molecular formula is C12H9ClN4. The van der Waals surface area contributed by atoms with Crippen molar-refractivity contribution in [2.75, 3.05) is 0 Å². The predicted octanol–water partition coefficient (Wildman–Crippen LogP) is 2.76. The van der Waals surface area contributed by atoms with Crippen LogP contribution in [0.15, 0.2) is 36.5 Å². The maximum Gasteiger partial charge on any atom is 0.181 e. The summed E-state index contributed by atoms with van der Waals surface area (Å²) < 4.78 is 0. The fourth-order valence-corrected chi connectivity index (χ4v) is 1.82. The van der Waals surface area contributed by atoms with Crippen LogP contribution in [0.4, 0.5) is 0 Å². The van der Waals surface area contributed by atoms with Crippen molar-refractivity contribution in [2.24, 2.45) is 0 Å². The topological polar surface area (TPSA) is 54.5 Å². The summed E-state index contributed by atoms with van der Waals surface area (Å²) in [6.07, 6.45) is 1.78. The quantitative estimate of drug-likeness (QED) is 0.706. The molecule has 0 saturated heterocycles. The van der Waals surface area contributed by atoms with E-state index in [1.54, 1.807) is 6.20 Å². The number of rotatable bonds is 2. The molecule has 17 heavy (non-hydrogen) atoms. The number of nitrogens with one attached hydrogen (secondary N) is 1. The number of benzene rings is 1. The van der Waals surface area contributed by atoms with Crippen LogP contribution < -0.4 is 0 Å². The molecule has 1 aromatic carbocycles. The van der Waals surface area contributed by atoms with Crippen LogP contribution in [0.2, 0.25) is 0 Å². The third-order valence-corrected chi connectivity index (χ3v) is 2.77. The summed E-state index contributed by atoms with van der Waals surface area (Å²) in [5.74, 6) is 1.67. The summed E-state index contributed by atoms with van der Waals surface area (Å²) >= 11 is 5.68. The Hall–Kier alpha value is -1.94. The van der Waals surface area contributed by atoms with Gasteiger partial charge in [-0.3, -0.25) is 10.1 Å². The highest BCUT2D eigenvalue weighted by Gasteiger charge is 2.05. The molecule has 0 aliphatic rings. The minimum atomic E-state index is 0.335. The van der Waals surface area contributed by atoms with E-state index in [2.05, 4.69) is 20.2 Å². The van der Waals surface area contributed by atoms with E-state index < -0.39 is 0 Å². The molecular weight excluding hydrogens is 236 g/mol. The van der Waals surface area contributed by atoms with Gasteiger partial charge in [-0.2, -0.15) is 5.10 Å². The Morgan fingerprint density at radius 1 is 1.24 bits per heavy atom. The summed E-state index contributed by atoms with van der Waals surface area (Å²) in [7, 11) is 0. The normalized spacial score (nSPS) is 10.9. The number of aromatic nitrogens is 4. The van der Waals surface area contributed by atoms with Gasteiger partial charge >= 0.3 is 0 Å². The van der Waals surface area contributed by atoms with Crippen LogP contribution in [0.25, 0.3) is 22.3 Å². The Kier molecular flexibility index (Phi) is 2.49. The van der Waals surface area contributed by atoms with Crippen LogP contribution >= 0.6 is 11.6 Å². The van der Waals surface area contributed by atoms with Gasteiger partial charge in [-0.25, -0.2) is 4.98 Å². The molecule has 0 spiro atoms. The van der Waals surface area contributed by atoms with Gasteiger partial charge in [0.2, 0.25) is 0 Å². The zero-order valence-corrected chi connectivity index (χ0v) is 9.65. The van der Waals surface area contributed by atoms with Gasteiger partial charge in [0.25, 0.3) is 0 Å². The standard InChI is InChI=1S/C12H9ClN4/c13-7-11-15-12(17-16-11)9-3-4-10-8(6-9)2-1-5-14-10/h1-6H,7H2,(H,15,16,17). The third kappa shape index (κ3) is 1.87. The van der Waals surface area contributed by atoms with E-state index in [1.807, 2.05) is 30.3 Å². The Balaban J connectivity index is 2.11. The second-order valence-electron chi connectivity index (χ2n) is 3.65. The molecule has 0 atom stereocenters. The molecule has 0 aliphatic heterocycles. The summed E-state index contributed by atoms with van der Waals surface area (Å²) in [6, 6.07) is 9.86. The van der Waals surface area contributed by atoms with Gasteiger partial charge in [0, 0.05) is 17.1 Å². The highest BCUT2D eigenvalue weighted by molar-refractivity contribution is 6.16. The zero-order chi connectivity index (χ0) is 11.7. The second-order valence-corrected chi connectivity index (χ2v) is 3.92. The molecule has 0 unspecified atom stereocenters. The lowest BCUT2D eigenvalue weighted by molar-refractivity contribution is 1.02. The molecule has 5 heteroatoms. The Labute approximate surface area is 103 Å². The lowest BCUT2D eigenvalue weighted by atomic mass is 10.1. The first-order valence-corrected chi connectivity index (χ1v) is 5.72. The van der Waals surface area contributed by atoms with Crippen molar-refractivity contribution >= 4 is 22.5 Å². The van der Waals surface area contributed by atoms with Gasteiger partial charge in [-0.1, -0.05) is 6.07 Å². The molecule has 3 rings (SSSR count). The Morgan fingerprint density at radius 3 is 3.00 bits per heavy atom. The van der Waals surface area contributed by atoms with Crippen molar-refractivity contribution in [3.05, 3.63) is 42.4 Å². The van der Waals surface area contributed by atoms with Gasteiger partial charge in [0.1, 0.15) is 5.82 Å². The van der Waals surface area contributed by atoms with E-state index in [4.69, 9.17) is 11.6 Å². The Bertz CT molecular complexity index is 662. The largest absolute Gasteiger partial charge is 0.262 e. The number of alkyl halides is 1. The van der Waals surface area contributed by atoms with Crippen molar-refractivity contribution in [1.29, 1.82) is 0 Å². The molecule has 0 bridgehead atoms. The summed E-state index contributed by atoms with van der Waals surface area (Å²) in [5, 5.41) is 7.99. The van der Waals surface area contributed by atoms with Crippen molar-refractivity contribution in [3.63, 3.8) is 0 Å². The molecule has 0 radical (unpaired) electrons. The summed E-state index contributed by atoms with van der Waals surface area (Å²) in [4.78, 5) is 8.55. The molecule has 0 amide bonds. The maximum absolute atomic E-state index is 5.68. The van der Waals surface area contributed by atoms with Crippen LogP contribution in [0, 0.1) is 0 Å². The average Bonchev–Trinajstić information content (AvgIpc) is 2.87. The summed E-state index contributed by atoms with van der Waals surface area (Å²) in [6.45, 7) is 0. The minimum absolute atomic E-state index is 0.335. The molecule has 2 heterocycles. The van der Waals surface area contributed by atoms with E-state index in [0.29, 0.717) is 17.5 Å². The average molecular weight is 245 g/mol. The number of pyridine rings is 1. The maximum atomic E-state index is 5.68. The number of aromatic amines is 1. The molecule has 0 aliphatic carbocycles. The molecule has 4 nitrogen and oxygen atoms in total. The lowest BCUT2D eigenvalue weighted by Gasteiger charge is -1.98. The van der Waals surface area contributed by atoms with Gasteiger partial charge in [0.15, 0.2) is 5.82 Å². The van der Waals surface area contributed by atoms with Crippen LogP contribution in [-0.4, -0.2) is 20.2 Å². The SMILES string of the molecule is ClCc1nc(-c2ccc3ncccc3c2)n[nH]1. The van der Waals surface area contributed by atoms with Gasteiger partial charge in [0.05, 0.1) is 11.4 Å². The van der Waals surface area contributed by atoms with E-state index in [-0.39, 0.29) is 0 Å². The second kappa shape index (κ2) is 4.14. The highest BCUT2D eigenvalue weighted by atomic mass is 35.5. The van der Waals surface area contributed by atoms with Crippen LogP contribution in [0.1, 0.15) is 5.82 Å². The number of H-pyrrole nitrogens is 1. The first kappa shape index (κ1) is 10.2. The van der Waals surface area contributed by atoms with E-state index in [0.717, 1.165) is 16.5 Å². The highest BCUT2D eigenvalue weighted by Crippen LogP contribution is 2.20. The number of halogens is 1. The number of nitrogens with zero attached hydrogens (tertiary/aromatic N) is 3. The molecule has 84 valence electrons. The molecule has 0 fully saturated rings. The molecule has 1 N–H and O–H groups in total. The number of fused-ring (bicyclic) bond motifs is 1. The van der Waals surface area contributed by atoms with E-state index in [9.17, 15) is 0 Å². The summed E-state index contributed by atoms with van der Waals surface area (Å²) in [5.41, 5.74) is 1.92. The van der Waals surface area contributed by atoms with Crippen molar-refractivity contribution in [3.8, 4) is 11.4 Å². The van der Waals surface area contributed by atoms with Crippen molar-refractivity contribution in [1.82, 2.24) is 20.2 Å². The van der Waals surface area contributed by atoms with Crippen molar-refractivity contribution < 1.29 is 0 Å². The lowest BCUT2D eigenvalue weighted by Crippen LogP contribution is -1.83. The van der Waals surface area contributed by atoms with E-state index in [1.165, 1.54) is 0 Å². The fourth-order valence-electron chi connectivity index (χ4n) is 1.70. The van der Waals surface area contributed by atoms with Gasteiger partial charge in [-0.05, 0) is 24.3 Å². The van der Waals surface area contributed by atoms with Crippen molar-refractivity contribution in [2.45, 2.75) is 5.88 Å². The van der Waals surface area contributed by atoms with Crippen LogP contribution in [-0.2, 0) is 5.88 Å². The van der Waals surface area contributed by atoms with Crippen LogP contribution in [0.5, 0.6) is 0 Å². The monoisotopic (exact) mass is 244 g/mol. The van der Waals surface area contributed by atoms with Crippen LogP contribution in [0.3, 0.4) is 0 Å². The molecule has 0 saturated carbocycles. The minimum Gasteiger partial charge on any atom is -0.262 e.